The summed E-state index contributed by atoms with van der Waals surface area (Å²) in [6, 6.07) is 6.41. The summed E-state index contributed by atoms with van der Waals surface area (Å²) in [5.74, 6) is -0.402. The van der Waals surface area contributed by atoms with Gasteiger partial charge in [0.2, 0.25) is 0 Å². The molecule has 17 heavy (non-hydrogen) atoms. The van der Waals surface area contributed by atoms with E-state index in [4.69, 9.17) is 5.73 Å². The lowest BCUT2D eigenvalue weighted by Crippen LogP contribution is -2.31. The predicted molar refractivity (Wildman–Crippen MR) is 68.7 cm³/mol. The molecule has 0 aliphatic carbocycles. The van der Waals surface area contributed by atoms with Crippen LogP contribution in [0.3, 0.4) is 0 Å². The first kappa shape index (κ1) is 13.7. The van der Waals surface area contributed by atoms with Gasteiger partial charge in [-0.2, -0.15) is 0 Å². The minimum absolute atomic E-state index is 0.0282. The number of carbonyl (C=O) groups excluding carboxylic acids is 1. The van der Waals surface area contributed by atoms with Crippen LogP contribution in [0.2, 0.25) is 0 Å². The van der Waals surface area contributed by atoms with E-state index in [0.29, 0.717) is 11.3 Å². The first-order valence-corrected chi connectivity index (χ1v) is 7.25. The van der Waals surface area contributed by atoms with Crippen LogP contribution in [0, 0.1) is 0 Å². The number of rotatable bonds is 5. The summed E-state index contributed by atoms with van der Waals surface area (Å²) in [5, 5.41) is -0.964. The Hall–Kier alpha value is -1.36. The van der Waals surface area contributed by atoms with Gasteiger partial charge in [0.05, 0.1) is 0 Å². The average molecular weight is 255 g/mol. The lowest BCUT2D eigenvalue weighted by molar-refractivity contribution is 0.0985. The Morgan fingerprint density at radius 3 is 2.47 bits per heavy atom. The number of anilines is 1. The number of nitrogen functional groups attached to an aromatic ring is 1. The predicted octanol–water partition coefficient (Wildman–Crippen LogP) is 1.66. The fourth-order valence-electron chi connectivity index (χ4n) is 1.68. The zero-order chi connectivity index (χ0) is 13.1. The van der Waals surface area contributed by atoms with Crippen LogP contribution >= 0.6 is 0 Å². The second kappa shape index (κ2) is 5.31. The van der Waals surface area contributed by atoms with E-state index in [1.165, 1.54) is 6.07 Å². The number of hydrogen-bond donors (Lipinski definition) is 1. The van der Waals surface area contributed by atoms with Crippen molar-refractivity contribution >= 4 is 21.3 Å². The first-order valence-electron chi connectivity index (χ1n) is 5.53. The van der Waals surface area contributed by atoms with E-state index in [1.807, 2.05) is 0 Å². The molecule has 1 aromatic carbocycles. The van der Waals surface area contributed by atoms with E-state index in [-0.39, 0.29) is 18.0 Å². The molecule has 1 aromatic rings. The fourth-order valence-corrected chi connectivity index (χ4v) is 3.05. The van der Waals surface area contributed by atoms with Crippen LogP contribution in [0.5, 0.6) is 0 Å². The molecule has 2 N–H and O–H groups in total. The molecule has 1 unspecified atom stereocenters. The second-order valence-corrected chi connectivity index (χ2v) is 6.31. The van der Waals surface area contributed by atoms with E-state index in [9.17, 15) is 13.2 Å². The molecule has 1 rings (SSSR count). The molecule has 0 aliphatic rings. The van der Waals surface area contributed by atoms with Crippen molar-refractivity contribution in [3.05, 3.63) is 29.8 Å². The third-order valence-electron chi connectivity index (χ3n) is 2.67. The maximum atomic E-state index is 12.1. The van der Waals surface area contributed by atoms with E-state index in [1.54, 1.807) is 32.0 Å². The van der Waals surface area contributed by atoms with Crippen molar-refractivity contribution < 1.29 is 13.2 Å². The van der Waals surface area contributed by atoms with Crippen LogP contribution in [0.15, 0.2) is 24.3 Å². The molecule has 0 amide bonds. The molecule has 0 aromatic heterocycles. The molecule has 0 spiro atoms. The molecule has 5 heteroatoms. The van der Waals surface area contributed by atoms with Gasteiger partial charge < -0.3 is 5.73 Å². The van der Waals surface area contributed by atoms with Gasteiger partial charge in [-0.1, -0.05) is 26.0 Å². The highest BCUT2D eigenvalue weighted by molar-refractivity contribution is 7.92. The van der Waals surface area contributed by atoms with Crippen LogP contribution in [0.4, 0.5) is 5.69 Å². The van der Waals surface area contributed by atoms with Crippen molar-refractivity contribution in [3.63, 3.8) is 0 Å². The molecule has 4 nitrogen and oxygen atoms in total. The van der Waals surface area contributed by atoms with Crippen molar-refractivity contribution in [1.82, 2.24) is 0 Å². The average Bonchev–Trinajstić information content (AvgIpc) is 2.29. The molecule has 0 saturated heterocycles. The number of hydrogen-bond acceptors (Lipinski definition) is 4. The number of sulfone groups is 1. The fraction of sp³-hybridized carbons (Fsp3) is 0.417. The third-order valence-corrected chi connectivity index (χ3v) is 4.89. The summed E-state index contributed by atoms with van der Waals surface area (Å²) in [4.78, 5) is 12.1. The van der Waals surface area contributed by atoms with Crippen LogP contribution in [0.25, 0.3) is 0 Å². The number of ketones is 1. The highest BCUT2D eigenvalue weighted by atomic mass is 32.2. The Morgan fingerprint density at radius 2 is 2.00 bits per heavy atom. The van der Waals surface area contributed by atoms with E-state index < -0.39 is 15.1 Å². The quantitative estimate of drug-likeness (QED) is 0.641. The van der Waals surface area contributed by atoms with Gasteiger partial charge >= 0.3 is 0 Å². The third kappa shape index (κ3) is 3.06. The molecular weight excluding hydrogens is 238 g/mol. The highest BCUT2D eigenvalue weighted by Gasteiger charge is 2.29. The smallest absolute Gasteiger partial charge is 0.181 e. The van der Waals surface area contributed by atoms with Crippen LogP contribution in [-0.4, -0.2) is 25.2 Å². The van der Waals surface area contributed by atoms with Gasteiger partial charge in [0, 0.05) is 17.0 Å². The standard InChI is InChI=1S/C12H17NO3S/c1-3-11(17(15,16)4-2)12(14)9-6-5-7-10(13)8-9/h5-8,11H,3-4,13H2,1-2H3. The van der Waals surface area contributed by atoms with Gasteiger partial charge in [0.1, 0.15) is 5.25 Å². The molecule has 0 radical (unpaired) electrons. The normalized spacial score (nSPS) is 13.3. The number of nitrogens with two attached hydrogens (primary N) is 1. The number of Topliss-reactive ketones (excluding diaryl/α,β-unsaturated/α-hetero) is 1. The summed E-state index contributed by atoms with van der Waals surface area (Å²) in [5.41, 5.74) is 6.39. The van der Waals surface area contributed by atoms with Gasteiger partial charge in [-0.25, -0.2) is 8.42 Å². The maximum absolute atomic E-state index is 12.1. The van der Waals surface area contributed by atoms with E-state index in [2.05, 4.69) is 0 Å². The Bertz CT molecular complexity index is 508. The molecule has 0 heterocycles. The monoisotopic (exact) mass is 255 g/mol. The molecular formula is C12H17NO3S. The van der Waals surface area contributed by atoms with Crippen molar-refractivity contribution in [2.24, 2.45) is 0 Å². The van der Waals surface area contributed by atoms with Gasteiger partial charge in [0.25, 0.3) is 0 Å². The van der Waals surface area contributed by atoms with Gasteiger partial charge in [-0.15, -0.1) is 0 Å². The molecule has 0 fully saturated rings. The zero-order valence-corrected chi connectivity index (χ0v) is 10.8. The topological polar surface area (TPSA) is 77.2 Å². The van der Waals surface area contributed by atoms with E-state index >= 15 is 0 Å². The molecule has 0 aliphatic heterocycles. The maximum Gasteiger partial charge on any atom is 0.181 e. The first-order chi connectivity index (χ1) is 7.92. The number of carbonyl (C=O) groups is 1. The Kier molecular flexibility index (Phi) is 4.28. The second-order valence-electron chi connectivity index (χ2n) is 3.84. The van der Waals surface area contributed by atoms with Crippen LogP contribution < -0.4 is 5.73 Å². The van der Waals surface area contributed by atoms with Gasteiger partial charge in [-0.3, -0.25) is 4.79 Å². The molecule has 1 atom stereocenters. The lowest BCUT2D eigenvalue weighted by Gasteiger charge is -2.13. The summed E-state index contributed by atoms with van der Waals surface area (Å²) < 4.78 is 23.6. The van der Waals surface area contributed by atoms with Gasteiger partial charge in [0.15, 0.2) is 15.6 Å². The van der Waals surface area contributed by atoms with E-state index in [0.717, 1.165) is 0 Å². The Labute approximate surface area is 102 Å². The minimum Gasteiger partial charge on any atom is -0.399 e. The zero-order valence-electron chi connectivity index (χ0n) is 10.0. The summed E-state index contributed by atoms with van der Waals surface area (Å²) >= 11 is 0. The summed E-state index contributed by atoms with van der Waals surface area (Å²) in [7, 11) is -3.36. The van der Waals surface area contributed by atoms with Crippen LogP contribution in [0.1, 0.15) is 30.6 Å². The Morgan fingerprint density at radius 1 is 1.35 bits per heavy atom. The van der Waals surface area contributed by atoms with Crippen molar-refractivity contribution in [2.75, 3.05) is 11.5 Å². The number of benzene rings is 1. The van der Waals surface area contributed by atoms with Gasteiger partial charge in [-0.05, 0) is 18.6 Å². The minimum atomic E-state index is -3.36. The van der Waals surface area contributed by atoms with Crippen molar-refractivity contribution in [3.8, 4) is 0 Å². The largest absolute Gasteiger partial charge is 0.399 e. The molecule has 94 valence electrons. The summed E-state index contributed by atoms with van der Waals surface area (Å²) in [6.45, 7) is 3.24. The van der Waals surface area contributed by atoms with Crippen LogP contribution in [-0.2, 0) is 9.84 Å². The van der Waals surface area contributed by atoms with Crippen molar-refractivity contribution in [1.29, 1.82) is 0 Å². The van der Waals surface area contributed by atoms with Crippen molar-refractivity contribution in [2.45, 2.75) is 25.5 Å². The highest BCUT2D eigenvalue weighted by Crippen LogP contribution is 2.16. The SMILES string of the molecule is CCC(C(=O)c1cccc(N)c1)S(=O)(=O)CC. The molecule has 0 bridgehead atoms. The molecule has 0 saturated carbocycles. The lowest BCUT2D eigenvalue weighted by atomic mass is 10.1. The summed E-state index contributed by atoms with van der Waals surface area (Å²) in [6.07, 6.45) is 0.282. The Balaban J connectivity index is 3.11.